The van der Waals surface area contributed by atoms with E-state index in [4.69, 9.17) is 5.11 Å². The summed E-state index contributed by atoms with van der Waals surface area (Å²) in [6.45, 7) is 1.10. The van der Waals surface area contributed by atoms with Crippen LogP contribution in [-0.2, 0) is 19.3 Å². The summed E-state index contributed by atoms with van der Waals surface area (Å²) in [5, 5.41) is 9.02. The Morgan fingerprint density at radius 1 is 1.73 bits per heavy atom. The predicted molar refractivity (Wildman–Crippen MR) is 33.4 cm³/mol. The van der Waals surface area contributed by atoms with E-state index in [1.54, 1.807) is 4.72 Å². The average Bonchev–Trinajstić information content (AvgIpc) is 1.49. The highest BCUT2D eigenvalue weighted by Crippen LogP contribution is 2.18. The minimum Gasteiger partial charge on any atom is -0.364 e. The third-order valence-electron chi connectivity index (χ3n) is 1.02. The molecule has 1 amide bonds. The lowest BCUT2D eigenvalue weighted by Gasteiger charge is -2.26. The van der Waals surface area contributed by atoms with E-state index in [-0.39, 0.29) is 6.42 Å². The molecule has 0 aliphatic carbocycles. The van der Waals surface area contributed by atoms with E-state index in [0.717, 1.165) is 6.92 Å². The first-order valence-corrected chi connectivity index (χ1v) is 4.20. The quantitative estimate of drug-likeness (QED) is 0.473. The zero-order valence-electron chi connectivity index (χ0n) is 5.70. The summed E-state index contributed by atoms with van der Waals surface area (Å²) in [6, 6.07) is 0. The lowest BCUT2D eigenvalue weighted by Crippen LogP contribution is -2.48. The van der Waals surface area contributed by atoms with Crippen LogP contribution in [0.2, 0.25) is 0 Å². The number of carbonyl (C=O) groups is 1. The molecule has 1 aliphatic rings. The molecular formula is C4H7NO5S. The minimum absolute atomic E-state index is 0.383. The van der Waals surface area contributed by atoms with Crippen molar-refractivity contribution >= 4 is 16.2 Å². The van der Waals surface area contributed by atoms with Gasteiger partial charge in [0.05, 0.1) is 6.42 Å². The van der Waals surface area contributed by atoms with Gasteiger partial charge in [0.1, 0.15) is 0 Å². The lowest BCUT2D eigenvalue weighted by molar-refractivity contribution is -0.153. The van der Waals surface area contributed by atoms with Crippen molar-refractivity contribution in [2.45, 2.75) is 19.1 Å². The molecule has 1 rings (SSSR count). The van der Waals surface area contributed by atoms with Crippen molar-refractivity contribution in [3.05, 3.63) is 0 Å². The molecule has 2 N–H and O–H groups in total. The number of hydrogen-bond acceptors (Lipinski definition) is 5. The van der Waals surface area contributed by atoms with E-state index < -0.39 is 22.0 Å². The maximum Gasteiger partial charge on any atom is 0.364 e. The SMILES string of the molecule is CC1(O)CC(=O)NS(=O)(=O)O1. The number of amides is 1. The number of rotatable bonds is 0. The van der Waals surface area contributed by atoms with Crippen LogP contribution >= 0.6 is 0 Å². The normalized spacial score (nSPS) is 36.4. The Kier molecular flexibility index (Phi) is 1.66. The summed E-state index contributed by atoms with van der Waals surface area (Å²) in [6.07, 6.45) is -0.383. The summed E-state index contributed by atoms with van der Waals surface area (Å²) in [7, 11) is -4.09. The van der Waals surface area contributed by atoms with Gasteiger partial charge in [-0.05, 0) is 6.92 Å². The van der Waals surface area contributed by atoms with Gasteiger partial charge in [-0.1, -0.05) is 0 Å². The summed E-state index contributed by atoms with van der Waals surface area (Å²) in [5.41, 5.74) is 0. The predicted octanol–water partition coefficient (Wildman–Crippen LogP) is -1.52. The van der Waals surface area contributed by atoms with E-state index in [1.807, 2.05) is 0 Å². The summed E-state index contributed by atoms with van der Waals surface area (Å²) in [4.78, 5) is 10.6. The fourth-order valence-electron chi connectivity index (χ4n) is 0.760. The maximum absolute atomic E-state index is 10.6. The van der Waals surface area contributed by atoms with Gasteiger partial charge in [-0.15, -0.1) is 0 Å². The number of aliphatic hydroxyl groups is 1. The molecule has 11 heavy (non-hydrogen) atoms. The minimum atomic E-state index is -4.09. The Morgan fingerprint density at radius 2 is 2.27 bits per heavy atom. The highest BCUT2D eigenvalue weighted by molar-refractivity contribution is 7.85. The molecule has 7 heteroatoms. The Hall–Kier alpha value is -0.660. The van der Waals surface area contributed by atoms with Crippen LogP contribution < -0.4 is 4.72 Å². The van der Waals surface area contributed by atoms with Gasteiger partial charge in [-0.2, -0.15) is 8.42 Å². The van der Waals surface area contributed by atoms with E-state index in [9.17, 15) is 13.2 Å². The highest BCUT2D eigenvalue weighted by atomic mass is 32.2. The Labute approximate surface area is 63.4 Å². The third-order valence-corrected chi connectivity index (χ3v) is 2.07. The van der Waals surface area contributed by atoms with Gasteiger partial charge in [0.25, 0.3) is 0 Å². The molecule has 0 aromatic carbocycles. The highest BCUT2D eigenvalue weighted by Gasteiger charge is 2.38. The van der Waals surface area contributed by atoms with Crippen LogP contribution in [0.3, 0.4) is 0 Å². The molecule has 0 aromatic rings. The van der Waals surface area contributed by atoms with Crippen LogP contribution in [0, 0.1) is 0 Å². The molecule has 1 fully saturated rings. The summed E-state index contributed by atoms with van der Waals surface area (Å²) >= 11 is 0. The Morgan fingerprint density at radius 3 is 2.64 bits per heavy atom. The zero-order valence-corrected chi connectivity index (χ0v) is 6.51. The molecule has 1 heterocycles. The largest absolute Gasteiger partial charge is 0.364 e. The van der Waals surface area contributed by atoms with Crippen LogP contribution in [0.4, 0.5) is 0 Å². The van der Waals surface area contributed by atoms with Crippen molar-refractivity contribution in [3.8, 4) is 0 Å². The number of nitrogens with one attached hydrogen (secondary N) is 1. The second kappa shape index (κ2) is 2.16. The molecule has 0 spiro atoms. The van der Waals surface area contributed by atoms with Gasteiger partial charge >= 0.3 is 10.3 Å². The molecule has 64 valence electrons. The van der Waals surface area contributed by atoms with Crippen molar-refractivity contribution in [3.63, 3.8) is 0 Å². The number of carbonyl (C=O) groups excluding carboxylic acids is 1. The Bertz CT molecular complexity index is 279. The van der Waals surface area contributed by atoms with Crippen molar-refractivity contribution < 1.29 is 22.5 Å². The average molecular weight is 181 g/mol. The molecular weight excluding hydrogens is 174 g/mol. The molecule has 6 nitrogen and oxygen atoms in total. The van der Waals surface area contributed by atoms with E-state index in [2.05, 4.69) is 4.18 Å². The van der Waals surface area contributed by atoms with E-state index >= 15 is 0 Å². The standard InChI is InChI=1S/C4H7NO5S/c1-4(7)2-3(6)5-11(8,9)10-4/h7H,2H2,1H3,(H,5,6). The zero-order chi connectivity index (χ0) is 8.70. The molecule has 0 saturated carbocycles. The maximum atomic E-state index is 10.6. The van der Waals surface area contributed by atoms with Crippen LogP contribution in [0.5, 0.6) is 0 Å². The van der Waals surface area contributed by atoms with Gasteiger partial charge in [-0.25, -0.2) is 8.91 Å². The topological polar surface area (TPSA) is 92.7 Å². The molecule has 1 saturated heterocycles. The second-order valence-corrected chi connectivity index (χ2v) is 3.69. The third kappa shape index (κ3) is 2.14. The van der Waals surface area contributed by atoms with Crippen molar-refractivity contribution in [2.75, 3.05) is 0 Å². The van der Waals surface area contributed by atoms with Gasteiger partial charge in [0, 0.05) is 0 Å². The summed E-state index contributed by atoms with van der Waals surface area (Å²) in [5.74, 6) is -2.69. The molecule has 0 bridgehead atoms. The van der Waals surface area contributed by atoms with Gasteiger partial charge in [-0.3, -0.25) is 4.79 Å². The van der Waals surface area contributed by atoms with Crippen LogP contribution in [0.15, 0.2) is 0 Å². The van der Waals surface area contributed by atoms with Crippen molar-refractivity contribution in [1.29, 1.82) is 0 Å². The van der Waals surface area contributed by atoms with Crippen molar-refractivity contribution in [2.24, 2.45) is 0 Å². The van der Waals surface area contributed by atoms with Crippen LogP contribution in [0.25, 0.3) is 0 Å². The van der Waals surface area contributed by atoms with Gasteiger partial charge in [0.2, 0.25) is 5.91 Å². The summed E-state index contributed by atoms with van der Waals surface area (Å²) < 4.78 is 26.8. The first-order chi connectivity index (χ1) is 4.81. The van der Waals surface area contributed by atoms with Crippen LogP contribution in [-0.4, -0.2) is 25.2 Å². The molecule has 1 atom stereocenters. The molecule has 0 aromatic heterocycles. The first-order valence-electron chi connectivity index (χ1n) is 2.79. The molecule has 0 radical (unpaired) electrons. The van der Waals surface area contributed by atoms with Gasteiger partial charge < -0.3 is 5.11 Å². The monoisotopic (exact) mass is 181 g/mol. The van der Waals surface area contributed by atoms with E-state index in [1.165, 1.54) is 0 Å². The fourth-order valence-corrected chi connectivity index (χ4v) is 1.68. The number of hydrogen-bond donors (Lipinski definition) is 2. The second-order valence-electron chi connectivity index (χ2n) is 2.41. The Balaban J connectivity index is 2.92. The van der Waals surface area contributed by atoms with E-state index in [0.29, 0.717) is 0 Å². The smallest absolute Gasteiger partial charge is 0.364 e. The van der Waals surface area contributed by atoms with Crippen molar-refractivity contribution in [1.82, 2.24) is 4.72 Å². The molecule has 1 aliphatic heterocycles. The van der Waals surface area contributed by atoms with Gasteiger partial charge in [0.15, 0.2) is 5.79 Å². The fraction of sp³-hybridized carbons (Fsp3) is 0.750. The van der Waals surface area contributed by atoms with Crippen LogP contribution in [0.1, 0.15) is 13.3 Å². The molecule has 1 unspecified atom stereocenters. The first kappa shape index (κ1) is 8.44. The lowest BCUT2D eigenvalue weighted by atomic mass is 10.2.